The highest BCUT2D eigenvalue weighted by Crippen LogP contribution is 2.30. The lowest BCUT2D eigenvalue weighted by Crippen LogP contribution is -1.92. The molecule has 0 saturated heterocycles. The van der Waals surface area contributed by atoms with Crippen LogP contribution in [0.5, 0.6) is 11.5 Å². The minimum Gasteiger partial charge on any atom is -0.457 e. The van der Waals surface area contributed by atoms with Crippen LogP contribution in [0.2, 0.25) is 10.0 Å². The van der Waals surface area contributed by atoms with E-state index in [1.54, 1.807) is 18.2 Å². The molecule has 0 saturated carbocycles. The fraction of sp³-hybridized carbons (Fsp3) is 0.0769. The highest BCUT2D eigenvalue weighted by molar-refractivity contribution is 6.31. The van der Waals surface area contributed by atoms with E-state index < -0.39 is 5.82 Å². The van der Waals surface area contributed by atoms with E-state index in [1.807, 2.05) is 0 Å². The lowest BCUT2D eigenvalue weighted by atomic mass is 10.2. The first kappa shape index (κ1) is 13.1. The first-order valence-corrected chi connectivity index (χ1v) is 5.88. The van der Waals surface area contributed by atoms with Crippen molar-refractivity contribution in [2.75, 3.05) is 0 Å². The van der Waals surface area contributed by atoms with E-state index in [0.717, 1.165) is 0 Å². The zero-order valence-corrected chi connectivity index (χ0v) is 10.7. The third kappa shape index (κ3) is 2.93. The van der Waals surface area contributed by atoms with E-state index in [1.165, 1.54) is 18.2 Å². The van der Waals surface area contributed by atoms with E-state index in [0.29, 0.717) is 16.3 Å². The summed E-state index contributed by atoms with van der Waals surface area (Å²) in [6, 6.07) is 8.94. The van der Waals surface area contributed by atoms with Crippen molar-refractivity contribution in [2.45, 2.75) is 6.61 Å². The van der Waals surface area contributed by atoms with Gasteiger partial charge >= 0.3 is 0 Å². The van der Waals surface area contributed by atoms with Crippen LogP contribution in [0.3, 0.4) is 0 Å². The predicted molar refractivity (Wildman–Crippen MR) is 68.9 cm³/mol. The Bertz CT molecular complexity index is 573. The molecule has 2 rings (SSSR count). The Morgan fingerprint density at radius 1 is 1.11 bits per heavy atom. The van der Waals surface area contributed by atoms with Crippen molar-refractivity contribution in [3.8, 4) is 11.5 Å². The van der Waals surface area contributed by atoms with E-state index in [2.05, 4.69) is 0 Å². The van der Waals surface area contributed by atoms with Crippen molar-refractivity contribution in [1.82, 2.24) is 0 Å². The van der Waals surface area contributed by atoms with Gasteiger partial charge in [-0.15, -0.1) is 0 Å². The molecule has 0 amide bonds. The van der Waals surface area contributed by atoms with Gasteiger partial charge in [-0.2, -0.15) is 0 Å². The SMILES string of the molecule is OCc1ccc(Cl)cc1Oc1ccc(Cl)c(F)c1. The standard InChI is InChI=1S/C13H9Cl2FO2/c14-9-2-1-8(7-17)13(5-9)18-10-3-4-11(15)12(16)6-10/h1-6,17H,7H2. The minimum atomic E-state index is -0.568. The van der Waals surface area contributed by atoms with Crippen molar-refractivity contribution in [3.63, 3.8) is 0 Å². The maximum Gasteiger partial charge on any atom is 0.145 e. The van der Waals surface area contributed by atoms with E-state index in [-0.39, 0.29) is 17.4 Å². The van der Waals surface area contributed by atoms with Crippen LogP contribution in [0.1, 0.15) is 5.56 Å². The Morgan fingerprint density at radius 2 is 1.89 bits per heavy atom. The van der Waals surface area contributed by atoms with Crippen LogP contribution in [0, 0.1) is 5.82 Å². The topological polar surface area (TPSA) is 29.5 Å². The normalized spacial score (nSPS) is 10.4. The fourth-order valence-electron chi connectivity index (χ4n) is 1.42. The second kappa shape index (κ2) is 5.57. The van der Waals surface area contributed by atoms with Gasteiger partial charge in [0.25, 0.3) is 0 Å². The van der Waals surface area contributed by atoms with Crippen molar-refractivity contribution in [3.05, 3.63) is 57.8 Å². The third-order valence-corrected chi connectivity index (χ3v) is 2.86. The molecule has 0 fully saturated rings. The molecular weight excluding hydrogens is 278 g/mol. The molecule has 0 aliphatic carbocycles. The van der Waals surface area contributed by atoms with Crippen LogP contribution in [0.25, 0.3) is 0 Å². The molecule has 0 aliphatic heterocycles. The van der Waals surface area contributed by atoms with Crippen molar-refractivity contribution in [2.24, 2.45) is 0 Å². The monoisotopic (exact) mass is 286 g/mol. The Labute approximate surface area is 114 Å². The molecule has 0 aliphatic rings. The number of hydrogen-bond donors (Lipinski definition) is 1. The van der Waals surface area contributed by atoms with Gasteiger partial charge in [-0.25, -0.2) is 4.39 Å². The summed E-state index contributed by atoms with van der Waals surface area (Å²) in [6.07, 6.45) is 0. The van der Waals surface area contributed by atoms with E-state index in [4.69, 9.17) is 33.0 Å². The summed E-state index contributed by atoms with van der Waals surface area (Å²) in [7, 11) is 0. The van der Waals surface area contributed by atoms with Gasteiger partial charge in [-0.3, -0.25) is 0 Å². The van der Waals surface area contributed by atoms with E-state index >= 15 is 0 Å². The number of hydrogen-bond acceptors (Lipinski definition) is 2. The average molecular weight is 287 g/mol. The Balaban J connectivity index is 2.33. The van der Waals surface area contributed by atoms with Gasteiger partial charge < -0.3 is 9.84 Å². The number of rotatable bonds is 3. The molecule has 1 N–H and O–H groups in total. The first-order valence-electron chi connectivity index (χ1n) is 5.12. The third-order valence-electron chi connectivity index (χ3n) is 2.32. The largest absolute Gasteiger partial charge is 0.457 e. The smallest absolute Gasteiger partial charge is 0.145 e. The van der Waals surface area contributed by atoms with Crippen LogP contribution in [0.4, 0.5) is 4.39 Å². The average Bonchev–Trinajstić information content (AvgIpc) is 2.34. The number of halogens is 3. The van der Waals surface area contributed by atoms with Gasteiger partial charge in [0.2, 0.25) is 0 Å². The zero-order valence-electron chi connectivity index (χ0n) is 9.16. The van der Waals surface area contributed by atoms with Crippen molar-refractivity contribution in [1.29, 1.82) is 0 Å². The lowest BCUT2D eigenvalue weighted by molar-refractivity contribution is 0.276. The van der Waals surface area contributed by atoms with Crippen LogP contribution in [0.15, 0.2) is 36.4 Å². The summed E-state index contributed by atoms with van der Waals surface area (Å²) in [6.45, 7) is -0.192. The fourth-order valence-corrected chi connectivity index (χ4v) is 1.70. The van der Waals surface area contributed by atoms with Gasteiger partial charge in [0.1, 0.15) is 17.3 Å². The van der Waals surface area contributed by atoms with Gasteiger partial charge in [0.05, 0.1) is 11.6 Å². The van der Waals surface area contributed by atoms with Gasteiger partial charge in [0, 0.05) is 16.7 Å². The molecule has 2 nitrogen and oxygen atoms in total. The zero-order chi connectivity index (χ0) is 13.1. The molecule has 18 heavy (non-hydrogen) atoms. The molecule has 5 heteroatoms. The Hall–Kier alpha value is -1.29. The van der Waals surface area contributed by atoms with Crippen LogP contribution in [-0.4, -0.2) is 5.11 Å². The maximum absolute atomic E-state index is 13.3. The summed E-state index contributed by atoms with van der Waals surface area (Å²) in [5.74, 6) is 0.0994. The summed E-state index contributed by atoms with van der Waals surface area (Å²) in [5.41, 5.74) is 0.565. The first-order chi connectivity index (χ1) is 8.60. The highest BCUT2D eigenvalue weighted by Gasteiger charge is 2.07. The van der Waals surface area contributed by atoms with Crippen molar-refractivity contribution < 1.29 is 14.2 Å². The lowest BCUT2D eigenvalue weighted by Gasteiger charge is -2.10. The molecule has 94 valence electrons. The highest BCUT2D eigenvalue weighted by atomic mass is 35.5. The van der Waals surface area contributed by atoms with Crippen molar-refractivity contribution >= 4 is 23.2 Å². The summed E-state index contributed by atoms with van der Waals surface area (Å²) >= 11 is 11.4. The number of aliphatic hydroxyl groups excluding tert-OH is 1. The second-order valence-electron chi connectivity index (χ2n) is 3.59. The molecule has 2 aromatic rings. The molecule has 0 spiro atoms. The number of benzene rings is 2. The molecule has 2 aromatic carbocycles. The van der Waals surface area contributed by atoms with E-state index in [9.17, 15) is 4.39 Å². The van der Waals surface area contributed by atoms with Gasteiger partial charge in [0.15, 0.2) is 0 Å². The molecule has 0 radical (unpaired) electrons. The summed E-state index contributed by atoms with van der Waals surface area (Å²) in [5, 5.41) is 9.66. The van der Waals surface area contributed by atoms with Crippen LogP contribution < -0.4 is 4.74 Å². The maximum atomic E-state index is 13.3. The second-order valence-corrected chi connectivity index (χ2v) is 4.43. The van der Waals surface area contributed by atoms with Crippen LogP contribution in [-0.2, 0) is 6.61 Å². The van der Waals surface area contributed by atoms with Gasteiger partial charge in [-0.05, 0) is 24.3 Å². The quantitative estimate of drug-likeness (QED) is 0.905. The molecule has 0 atom stereocenters. The van der Waals surface area contributed by atoms with Gasteiger partial charge in [-0.1, -0.05) is 29.3 Å². The summed E-state index contributed by atoms with van der Waals surface area (Å²) < 4.78 is 18.7. The molecule has 0 aromatic heterocycles. The molecular formula is C13H9Cl2FO2. The number of aliphatic hydroxyl groups is 1. The Kier molecular flexibility index (Phi) is 4.07. The minimum absolute atomic E-state index is 0.0239. The number of ether oxygens (including phenoxy) is 1. The Morgan fingerprint density at radius 3 is 2.56 bits per heavy atom. The van der Waals surface area contributed by atoms with Crippen LogP contribution >= 0.6 is 23.2 Å². The molecule has 0 heterocycles. The molecule has 0 unspecified atom stereocenters. The summed E-state index contributed by atoms with van der Waals surface area (Å²) in [4.78, 5) is 0. The predicted octanol–water partition coefficient (Wildman–Crippen LogP) is 4.42. The molecule has 0 bridgehead atoms.